The lowest BCUT2D eigenvalue weighted by atomic mass is 9.95. The molecule has 1 heterocycles. The summed E-state index contributed by atoms with van der Waals surface area (Å²) in [6.45, 7) is 3.46. The number of carbonyl (C=O) groups excluding carboxylic acids is 2. The second-order valence-corrected chi connectivity index (χ2v) is 9.75. The third kappa shape index (κ3) is 7.70. The van der Waals surface area contributed by atoms with Crippen LogP contribution in [-0.2, 0) is 20.9 Å². The number of carbonyl (C=O) groups is 2. The van der Waals surface area contributed by atoms with E-state index in [1.165, 1.54) is 13.3 Å². The SMILES string of the molecule is CCOC(=O)C1=C(C)NC(=S)N[C@@H]1c1ccccc1OCC(=O)NN=Cc1cccc(OC)c1OCc1ccccc1C#N. The first-order valence-corrected chi connectivity index (χ1v) is 14.0. The van der Waals surface area contributed by atoms with Crippen molar-refractivity contribution in [1.29, 1.82) is 5.26 Å². The maximum absolute atomic E-state index is 12.8. The predicted octanol–water partition coefficient (Wildman–Crippen LogP) is 4.03. The van der Waals surface area contributed by atoms with Crippen molar-refractivity contribution in [1.82, 2.24) is 16.1 Å². The van der Waals surface area contributed by atoms with Gasteiger partial charge in [-0.15, -0.1) is 0 Å². The van der Waals surface area contributed by atoms with Gasteiger partial charge >= 0.3 is 5.97 Å². The van der Waals surface area contributed by atoms with E-state index < -0.39 is 17.9 Å². The highest BCUT2D eigenvalue weighted by Crippen LogP contribution is 2.34. The van der Waals surface area contributed by atoms with E-state index >= 15 is 0 Å². The number of rotatable bonds is 12. The van der Waals surface area contributed by atoms with E-state index in [2.05, 4.69) is 27.2 Å². The summed E-state index contributed by atoms with van der Waals surface area (Å²) < 4.78 is 22.6. The number of nitrogens with zero attached hydrogens (tertiary/aromatic N) is 2. The number of benzene rings is 3. The highest BCUT2D eigenvalue weighted by molar-refractivity contribution is 7.80. The molecule has 0 spiro atoms. The molecule has 1 aliphatic heterocycles. The molecule has 226 valence electrons. The van der Waals surface area contributed by atoms with E-state index in [4.69, 9.17) is 31.2 Å². The second-order valence-electron chi connectivity index (χ2n) is 9.35. The van der Waals surface area contributed by atoms with Crippen LogP contribution in [0.2, 0.25) is 0 Å². The summed E-state index contributed by atoms with van der Waals surface area (Å²) >= 11 is 5.32. The molecule has 0 aromatic heterocycles. The van der Waals surface area contributed by atoms with Crippen molar-refractivity contribution in [3.05, 3.63) is 100 Å². The minimum absolute atomic E-state index is 0.133. The van der Waals surface area contributed by atoms with Crippen LogP contribution in [0.4, 0.5) is 0 Å². The van der Waals surface area contributed by atoms with Gasteiger partial charge in [0.25, 0.3) is 5.91 Å². The molecule has 4 rings (SSSR count). The highest BCUT2D eigenvalue weighted by atomic mass is 32.1. The number of nitriles is 1. The topological polar surface area (TPSA) is 143 Å². The van der Waals surface area contributed by atoms with E-state index in [0.29, 0.717) is 50.3 Å². The molecule has 0 unspecified atom stereocenters. The van der Waals surface area contributed by atoms with Gasteiger partial charge in [0.1, 0.15) is 12.4 Å². The van der Waals surface area contributed by atoms with E-state index in [1.807, 2.05) is 12.1 Å². The molecule has 3 aromatic rings. The Balaban J connectivity index is 1.44. The Morgan fingerprint density at radius 3 is 2.59 bits per heavy atom. The molecule has 1 amide bonds. The van der Waals surface area contributed by atoms with Gasteiger partial charge in [-0.25, -0.2) is 10.2 Å². The Morgan fingerprint density at radius 1 is 1.07 bits per heavy atom. The van der Waals surface area contributed by atoms with Gasteiger partial charge < -0.3 is 29.6 Å². The fourth-order valence-electron chi connectivity index (χ4n) is 4.46. The number of methoxy groups -OCH3 is 1. The first kappa shape index (κ1) is 31.5. The van der Waals surface area contributed by atoms with Crippen LogP contribution in [0.15, 0.2) is 83.1 Å². The first-order chi connectivity index (χ1) is 21.4. The first-order valence-electron chi connectivity index (χ1n) is 13.6. The zero-order chi connectivity index (χ0) is 31.5. The molecule has 1 atom stereocenters. The monoisotopic (exact) mass is 613 g/mol. The van der Waals surface area contributed by atoms with Gasteiger partial charge in [0, 0.05) is 22.4 Å². The third-order valence-corrected chi connectivity index (χ3v) is 6.71. The summed E-state index contributed by atoms with van der Waals surface area (Å²) in [5.74, 6) is 0.237. The Kier molecular flexibility index (Phi) is 10.9. The summed E-state index contributed by atoms with van der Waals surface area (Å²) in [5.41, 5.74) is 5.75. The van der Waals surface area contributed by atoms with Gasteiger partial charge in [-0.1, -0.05) is 42.5 Å². The van der Waals surface area contributed by atoms with Crippen molar-refractivity contribution in [2.75, 3.05) is 20.3 Å². The average molecular weight is 614 g/mol. The molecule has 1 aliphatic rings. The van der Waals surface area contributed by atoms with Crippen molar-refractivity contribution in [2.45, 2.75) is 26.5 Å². The summed E-state index contributed by atoms with van der Waals surface area (Å²) in [6, 6.07) is 20.9. The third-order valence-electron chi connectivity index (χ3n) is 6.49. The van der Waals surface area contributed by atoms with E-state index in [0.717, 1.165) is 5.56 Å². The molecule has 44 heavy (non-hydrogen) atoms. The number of ether oxygens (including phenoxy) is 4. The van der Waals surface area contributed by atoms with Gasteiger partial charge in [0.05, 0.1) is 43.2 Å². The largest absolute Gasteiger partial charge is 0.493 e. The fourth-order valence-corrected chi connectivity index (χ4v) is 4.73. The van der Waals surface area contributed by atoms with Crippen molar-refractivity contribution >= 4 is 35.4 Å². The molecule has 0 saturated carbocycles. The maximum atomic E-state index is 12.8. The maximum Gasteiger partial charge on any atom is 0.338 e. The number of para-hydroxylation sites is 2. The van der Waals surface area contributed by atoms with Crippen LogP contribution in [0.3, 0.4) is 0 Å². The van der Waals surface area contributed by atoms with Crippen molar-refractivity contribution < 1.29 is 28.5 Å². The summed E-state index contributed by atoms with van der Waals surface area (Å²) in [7, 11) is 1.52. The van der Waals surface area contributed by atoms with E-state index in [-0.39, 0.29) is 19.8 Å². The van der Waals surface area contributed by atoms with E-state index in [1.54, 1.807) is 68.4 Å². The van der Waals surface area contributed by atoms with Crippen molar-refractivity contribution in [3.8, 4) is 23.3 Å². The zero-order valence-corrected chi connectivity index (χ0v) is 25.2. The smallest absolute Gasteiger partial charge is 0.338 e. The number of hydrogen-bond donors (Lipinski definition) is 3. The van der Waals surface area contributed by atoms with E-state index in [9.17, 15) is 14.9 Å². The fraction of sp³-hybridized carbons (Fsp3) is 0.219. The van der Waals surface area contributed by atoms with Crippen LogP contribution in [0.25, 0.3) is 0 Å². The average Bonchev–Trinajstić information content (AvgIpc) is 3.03. The van der Waals surface area contributed by atoms with Crippen LogP contribution in [0.5, 0.6) is 17.2 Å². The number of esters is 1. The van der Waals surface area contributed by atoms with Gasteiger partial charge in [-0.2, -0.15) is 10.4 Å². The quantitative estimate of drug-likeness (QED) is 0.119. The number of hydrogen-bond acceptors (Lipinski definition) is 9. The number of amides is 1. The lowest BCUT2D eigenvalue weighted by Gasteiger charge is -2.30. The molecule has 11 nitrogen and oxygen atoms in total. The Labute approximate surface area is 260 Å². The molecular weight excluding hydrogens is 582 g/mol. The number of hydrazone groups is 1. The predicted molar refractivity (Wildman–Crippen MR) is 167 cm³/mol. The number of allylic oxidation sites excluding steroid dienone is 1. The molecule has 0 saturated heterocycles. The van der Waals surface area contributed by atoms with Crippen LogP contribution >= 0.6 is 12.2 Å². The van der Waals surface area contributed by atoms with Crippen molar-refractivity contribution in [3.63, 3.8) is 0 Å². The van der Waals surface area contributed by atoms with Crippen LogP contribution in [-0.4, -0.2) is 43.5 Å². The van der Waals surface area contributed by atoms with Gasteiger partial charge in [-0.3, -0.25) is 4.79 Å². The highest BCUT2D eigenvalue weighted by Gasteiger charge is 2.32. The van der Waals surface area contributed by atoms with Gasteiger partial charge in [0.2, 0.25) is 0 Å². The molecule has 0 bridgehead atoms. The van der Waals surface area contributed by atoms with Crippen molar-refractivity contribution in [2.24, 2.45) is 5.10 Å². The lowest BCUT2D eigenvalue weighted by Crippen LogP contribution is -2.45. The van der Waals surface area contributed by atoms with Crippen LogP contribution < -0.4 is 30.3 Å². The Hall–Kier alpha value is -5.41. The van der Waals surface area contributed by atoms with Crippen LogP contribution in [0, 0.1) is 11.3 Å². The molecule has 0 fully saturated rings. The molecule has 0 radical (unpaired) electrons. The Bertz CT molecular complexity index is 1650. The molecule has 12 heteroatoms. The number of thiocarbonyl (C=S) groups is 1. The zero-order valence-electron chi connectivity index (χ0n) is 24.4. The normalized spacial score (nSPS) is 14.2. The summed E-state index contributed by atoms with van der Waals surface area (Å²) in [6.07, 6.45) is 1.43. The van der Waals surface area contributed by atoms with Gasteiger partial charge in [-0.05, 0) is 50.3 Å². The Morgan fingerprint density at radius 2 is 1.82 bits per heavy atom. The lowest BCUT2D eigenvalue weighted by molar-refractivity contribution is -0.139. The second kappa shape index (κ2) is 15.2. The standard InChI is InChI=1S/C32H31N5O6S/c1-4-41-31(39)28-20(2)35-32(44)36-29(28)24-13-7-8-14-25(24)42-19-27(38)37-34-17-22-12-9-15-26(40-3)30(22)43-18-23-11-6-5-10-21(23)16-33/h5-15,17,29H,4,18-19H2,1-3H3,(H,37,38)(H2,35,36,44)/t29-/m1/s1. The molecule has 3 aromatic carbocycles. The minimum Gasteiger partial charge on any atom is -0.493 e. The van der Waals surface area contributed by atoms with Crippen LogP contribution in [0.1, 0.15) is 42.1 Å². The minimum atomic E-state index is -0.647. The summed E-state index contributed by atoms with van der Waals surface area (Å²) in [5, 5.41) is 19.8. The summed E-state index contributed by atoms with van der Waals surface area (Å²) in [4.78, 5) is 25.4. The van der Waals surface area contributed by atoms with Gasteiger partial charge in [0.15, 0.2) is 23.2 Å². The number of nitrogens with one attached hydrogen (secondary N) is 3. The molecular formula is C32H31N5O6S. The molecule has 0 aliphatic carbocycles. The molecule has 3 N–H and O–H groups in total.